The van der Waals surface area contributed by atoms with E-state index in [0.29, 0.717) is 4.57 Å². The quantitative estimate of drug-likeness (QED) is 0.755. The van der Waals surface area contributed by atoms with E-state index in [9.17, 15) is 22.8 Å². The number of hydrogen-bond donors (Lipinski definition) is 2. The predicted molar refractivity (Wildman–Crippen MR) is 57.7 cm³/mol. The van der Waals surface area contributed by atoms with Gasteiger partial charge in [0.05, 0.1) is 4.99 Å². The fraction of sp³-hybridized carbons (Fsp3) is 0.375. The highest BCUT2D eigenvalue weighted by Gasteiger charge is 2.42. The molecule has 0 aliphatic rings. The molecule has 0 aliphatic carbocycles. The molecular formula is C8H8F3N3O2S. The van der Waals surface area contributed by atoms with Gasteiger partial charge >= 0.3 is 11.9 Å². The van der Waals surface area contributed by atoms with Crippen molar-refractivity contribution in [3.63, 3.8) is 0 Å². The van der Waals surface area contributed by atoms with Crippen LogP contribution < -0.4 is 17.0 Å². The van der Waals surface area contributed by atoms with Gasteiger partial charge in [-0.2, -0.15) is 13.2 Å². The average Bonchev–Trinajstić information content (AvgIpc) is 2.13. The Kier molecular flexibility index (Phi) is 3.71. The lowest BCUT2D eigenvalue weighted by Gasteiger charge is -2.19. The highest BCUT2D eigenvalue weighted by Crippen LogP contribution is 2.27. The van der Waals surface area contributed by atoms with E-state index >= 15 is 0 Å². The number of halogens is 3. The summed E-state index contributed by atoms with van der Waals surface area (Å²) in [5, 5.41) is 0. The van der Waals surface area contributed by atoms with Crippen LogP contribution in [-0.2, 0) is 6.54 Å². The van der Waals surface area contributed by atoms with Gasteiger partial charge in [-0.05, 0) is 0 Å². The Balaban J connectivity index is 3.07. The molecule has 17 heavy (non-hydrogen) atoms. The van der Waals surface area contributed by atoms with E-state index in [0.717, 1.165) is 12.3 Å². The third-order valence-electron chi connectivity index (χ3n) is 2.01. The molecule has 0 saturated heterocycles. The van der Waals surface area contributed by atoms with Crippen molar-refractivity contribution in [1.82, 2.24) is 9.55 Å². The highest BCUT2D eigenvalue weighted by atomic mass is 32.1. The summed E-state index contributed by atoms with van der Waals surface area (Å²) < 4.78 is 38.2. The molecule has 1 atom stereocenters. The fourth-order valence-electron chi connectivity index (χ4n) is 1.14. The van der Waals surface area contributed by atoms with Crippen molar-refractivity contribution >= 4 is 17.2 Å². The molecule has 0 radical (unpaired) electrons. The number of H-pyrrole nitrogens is 1. The van der Waals surface area contributed by atoms with Gasteiger partial charge in [0.2, 0.25) is 0 Å². The number of nitrogens with two attached hydrogens (primary N) is 1. The molecule has 1 unspecified atom stereocenters. The van der Waals surface area contributed by atoms with Crippen LogP contribution in [0.5, 0.6) is 0 Å². The summed E-state index contributed by atoms with van der Waals surface area (Å²) in [7, 11) is 0. The van der Waals surface area contributed by atoms with Gasteiger partial charge in [-0.3, -0.25) is 14.3 Å². The van der Waals surface area contributed by atoms with Gasteiger partial charge in [0.25, 0.3) is 5.56 Å². The van der Waals surface area contributed by atoms with Crippen LogP contribution in [-0.4, -0.2) is 20.7 Å². The first-order valence-corrected chi connectivity index (χ1v) is 4.78. The van der Waals surface area contributed by atoms with Gasteiger partial charge in [0.1, 0.15) is 5.92 Å². The van der Waals surface area contributed by atoms with Gasteiger partial charge in [-0.25, -0.2) is 4.79 Å². The minimum Gasteiger partial charge on any atom is -0.393 e. The largest absolute Gasteiger partial charge is 0.399 e. The maximum atomic E-state index is 12.5. The van der Waals surface area contributed by atoms with E-state index in [1.54, 1.807) is 0 Å². The summed E-state index contributed by atoms with van der Waals surface area (Å²) in [6.07, 6.45) is -3.68. The molecule has 3 N–H and O–H groups in total. The molecule has 1 aromatic heterocycles. The summed E-state index contributed by atoms with van der Waals surface area (Å²) in [5.41, 5.74) is 3.34. The maximum Gasteiger partial charge on any atom is 0.399 e. The third-order valence-corrected chi connectivity index (χ3v) is 2.30. The van der Waals surface area contributed by atoms with Gasteiger partial charge < -0.3 is 5.73 Å². The molecule has 0 saturated carbocycles. The second kappa shape index (κ2) is 4.70. The predicted octanol–water partition coefficient (Wildman–Crippen LogP) is 0.00120. The summed E-state index contributed by atoms with van der Waals surface area (Å²) in [6, 6.07) is 0.939. The van der Waals surface area contributed by atoms with Gasteiger partial charge in [-0.1, -0.05) is 12.2 Å². The van der Waals surface area contributed by atoms with Crippen LogP contribution in [0.2, 0.25) is 0 Å². The molecule has 0 aromatic carbocycles. The molecule has 0 bridgehead atoms. The van der Waals surface area contributed by atoms with E-state index in [-0.39, 0.29) is 0 Å². The molecule has 0 amide bonds. The van der Waals surface area contributed by atoms with Crippen molar-refractivity contribution in [1.29, 1.82) is 0 Å². The Hall–Kier alpha value is -1.64. The molecule has 5 nitrogen and oxygen atoms in total. The minimum atomic E-state index is -4.64. The molecule has 94 valence electrons. The first-order chi connectivity index (χ1) is 7.71. The van der Waals surface area contributed by atoms with E-state index in [1.165, 1.54) is 0 Å². The second-order valence-corrected chi connectivity index (χ2v) is 3.73. The average molecular weight is 267 g/mol. The Morgan fingerprint density at radius 3 is 2.53 bits per heavy atom. The zero-order chi connectivity index (χ0) is 13.2. The van der Waals surface area contributed by atoms with Crippen molar-refractivity contribution < 1.29 is 13.2 Å². The van der Waals surface area contributed by atoms with E-state index in [2.05, 4.69) is 12.2 Å². The summed E-state index contributed by atoms with van der Waals surface area (Å²) in [4.78, 5) is 23.0. The number of alkyl halides is 3. The van der Waals surface area contributed by atoms with Crippen molar-refractivity contribution in [2.24, 2.45) is 11.7 Å². The van der Waals surface area contributed by atoms with Crippen molar-refractivity contribution in [3.8, 4) is 0 Å². The van der Waals surface area contributed by atoms with E-state index in [1.807, 2.05) is 4.98 Å². The zero-order valence-electron chi connectivity index (χ0n) is 8.32. The van der Waals surface area contributed by atoms with Crippen molar-refractivity contribution in [2.45, 2.75) is 12.7 Å². The van der Waals surface area contributed by atoms with Crippen LogP contribution in [0.3, 0.4) is 0 Å². The first kappa shape index (κ1) is 13.4. The summed E-state index contributed by atoms with van der Waals surface area (Å²) >= 11 is 4.30. The van der Waals surface area contributed by atoms with Crippen LogP contribution in [0.25, 0.3) is 0 Å². The number of nitrogens with zero attached hydrogens (tertiary/aromatic N) is 1. The molecular weight excluding hydrogens is 259 g/mol. The van der Waals surface area contributed by atoms with Crippen LogP contribution in [0.1, 0.15) is 0 Å². The number of rotatable bonds is 3. The van der Waals surface area contributed by atoms with Crippen LogP contribution >= 0.6 is 12.2 Å². The zero-order valence-corrected chi connectivity index (χ0v) is 9.14. The molecule has 1 aromatic rings. The molecule has 0 aliphatic heterocycles. The number of aromatic nitrogens is 2. The lowest BCUT2D eigenvalue weighted by Crippen LogP contribution is -2.41. The number of thiocarbonyl (C=S) groups is 1. The summed E-state index contributed by atoms with van der Waals surface area (Å²) in [5.74, 6) is -2.11. The van der Waals surface area contributed by atoms with E-state index in [4.69, 9.17) is 5.73 Å². The highest BCUT2D eigenvalue weighted by molar-refractivity contribution is 7.80. The van der Waals surface area contributed by atoms with Crippen LogP contribution in [0, 0.1) is 5.92 Å². The Morgan fingerprint density at radius 2 is 2.12 bits per heavy atom. The van der Waals surface area contributed by atoms with Gasteiger partial charge in [0, 0.05) is 18.8 Å². The standard InChI is InChI=1S/C8H8F3N3O2S/c9-8(10,11)4(6(12)17)3-14-2-1-5(15)13-7(14)16/h1-2,4H,3H2,(H2,12,17)(H,13,15,16). The first-order valence-electron chi connectivity index (χ1n) is 4.37. The fourth-order valence-corrected chi connectivity index (χ4v) is 1.35. The lowest BCUT2D eigenvalue weighted by molar-refractivity contribution is -0.158. The van der Waals surface area contributed by atoms with Crippen LogP contribution in [0.4, 0.5) is 13.2 Å². The van der Waals surface area contributed by atoms with Gasteiger partial charge in [0.15, 0.2) is 0 Å². The smallest absolute Gasteiger partial charge is 0.393 e. The number of hydrogen-bond acceptors (Lipinski definition) is 3. The van der Waals surface area contributed by atoms with Crippen LogP contribution in [0.15, 0.2) is 21.9 Å². The Morgan fingerprint density at radius 1 is 1.53 bits per heavy atom. The topological polar surface area (TPSA) is 80.9 Å². The van der Waals surface area contributed by atoms with Gasteiger partial charge in [-0.15, -0.1) is 0 Å². The molecule has 1 rings (SSSR count). The number of aromatic amines is 1. The number of nitrogens with one attached hydrogen (secondary N) is 1. The lowest BCUT2D eigenvalue weighted by atomic mass is 10.1. The second-order valence-electron chi connectivity index (χ2n) is 3.26. The third kappa shape index (κ3) is 3.41. The maximum absolute atomic E-state index is 12.5. The van der Waals surface area contributed by atoms with Crippen molar-refractivity contribution in [2.75, 3.05) is 0 Å². The molecule has 9 heteroatoms. The monoisotopic (exact) mass is 267 g/mol. The summed E-state index contributed by atoms with van der Waals surface area (Å²) in [6.45, 7) is -0.756. The minimum absolute atomic E-state index is 0.690. The Bertz CT molecular complexity index is 534. The Labute approximate surface area is 98.1 Å². The molecule has 0 spiro atoms. The van der Waals surface area contributed by atoms with E-state index < -0.39 is 34.9 Å². The van der Waals surface area contributed by atoms with Crippen molar-refractivity contribution in [3.05, 3.63) is 33.1 Å². The molecule has 0 fully saturated rings. The molecule has 1 heterocycles. The SMILES string of the molecule is NC(=S)C(Cn1ccc(=O)[nH]c1=O)C(F)(F)F. The normalized spacial score (nSPS) is 13.4.